The van der Waals surface area contributed by atoms with Gasteiger partial charge < -0.3 is 25.4 Å². The Morgan fingerprint density at radius 2 is 1.96 bits per heavy atom. The fourth-order valence-corrected chi connectivity index (χ4v) is 2.54. The quantitative estimate of drug-likeness (QED) is 0.668. The summed E-state index contributed by atoms with van der Waals surface area (Å²) in [6, 6.07) is 8.69. The molecule has 134 valence electrons. The average Bonchev–Trinajstić information content (AvgIpc) is 2.58. The molecule has 0 heterocycles. The number of aliphatic hydroxyl groups excluding tert-OH is 1. The third-order valence-corrected chi connectivity index (χ3v) is 4.01. The lowest BCUT2D eigenvalue weighted by Crippen LogP contribution is -2.52. The fraction of sp³-hybridized carbons (Fsp3) is 0.333. The van der Waals surface area contributed by atoms with E-state index in [1.807, 2.05) is 13.0 Å². The van der Waals surface area contributed by atoms with Crippen LogP contribution in [0.5, 0.6) is 5.75 Å². The van der Waals surface area contributed by atoms with Crippen LogP contribution in [-0.2, 0) is 9.53 Å². The number of benzene rings is 2. The highest BCUT2D eigenvalue weighted by atomic mass is 16.6. The van der Waals surface area contributed by atoms with Crippen molar-refractivity contribution in [1.29, 1.82) is 0 Å². The first-order valence-electron chi connectivity index (χ1n) is 7.62. The number of fused-ring (bicyclic) bond motifs is 1. The average molecular weight is 347 g/mol. The number of carbonyl (C=O) groups is 2. The monoisotopic (exact) mass is 347 g/mol. The number of hydrogen-bond acceptors (Lipinski definition) is 6. The van der Waals surface area contributed by atoms with E-state index >= 15 is 0 Å². The maximum atomic E-state index is 12.6. The Kier molecular flexibility index (Phi) is 5.30. The van der Waals surface area contributed by atoms with Crippen LogP contribution >= 0.6 is 0 Å². The number of nitrogens with two attached hydrogens (primary N) is 1. The van der Waals surface area contributed by atoms with E-state index in [2.05, 4.69) is 0 Å². The molecule has 0 aliphatic carbocycles. The molecule has 2 atom stereocenters. The Bertz CT molecular complexity index is 815. The first-order chi connectivity index (χ1) is 11.7. The number of amides is 1. The number of rotatable bonds is 6. The molecule has 7 heteroatoms. The summed E-state index contributed by atoms with van der Waals surface area (Å²) in [4.78, 5) is 24.2. The van der Waals surface area contributed by atoms with Crippen LogP contribution in [0.1, 0.15) is 22.8 Å². The van der Waals surface area contributed by atoms with Crippen molar-refractivity contribution < 1.29 is 29.3 Å². The molecule has 0 aliphatic heterocycles. The van der Waals surface area contributed by atoms with Crippen LogP contribution in [0.15, 0.2) is 30.3 Å². The van der Waals surface area contributed by atoms with Crippen LogP contribution in [-0.4, -0.2) is 47.5 Å². The molecule has 1 amide bonds. The zero-order chi connectivity index (χ0) is 18.8. The summed E-state index contributed by atoms with van der Waals surface area (Å²) >= 11 is 0. The van der Waals surface area contributed by atoms with Crippen LogP contribution in [0.3, 0.4) is 0 Å². The summed E-state index contributed by atoms with van der Waals surface area (Å²) in [5, 5.41) is 20.7. The van der Waals surface area contributed by atoms with E-state index < -0.39 is 30.2 Å². The molecule has 0 spiro atoms. The lowest BCUT2D eigenvalue weighted by molar-refractivity contribution is -0.146. The molecule has 0 bridgehead atoms. The minimum atomic E-state index is -1.99. The van der Waals surface area contributed by atoms with E-state index in [1.165, 1.54) is 13.2 Å². The number of hydrogen-bond donors (Lipinski definition) is 3. The van der Waals surface area contributed by atoms with E-state index in [9.17, 15) is 19.8 Å². The minimum absolute atomic E-state index is 0.165. The molecule has 0 saturated heterocycles. The van der Waals surface area contributed by atoms with Gasteiger partial charge in [0.25, 0.3) is 5.91 Å². The molecule has 2 aromatic rings. The molecular weight excluding hydrogens is 326 g/mol. The van der Waals surface area contributed by atoms with Gasteiger partial charge in [0, 0.05) is 0 Å². The molecule has 0 unspecified atom stereocenters. The molecule has 2 aromatic carbocycles. The Hall–Kier alpha value is -2.64. The highest BCUT2D eigenvalue weighted by Gasteiger charge is 2.39. The van der Waals surface area contributed by atoms with Crippen LogP contribution in [0.2, 0.25) is 0 Å². The van der Waals surface area contributed by atoms with Gasteiger partial charge >= 0.3 is 5.97 Å². The molecule has 0 aliphatic rings. The van der Waals surface area contributed by atoms with Crippen LogP contribution in [0.4, 0.5) is 0 Å². The van der Waals surface area contributed by atoms with Crippen molar-refractivity contribution in [3.63, 3.8) is 0 Å². The van der Waals surface area contributed by atoms with Crippen LogP contribution in [0.25, 0.3) is 10.8 Å². The Labute approximate surface area is 145 Å². The van der Waals surface area contributed by atoms with Gasteiger partial charge in [0.1, 0.15) is 11.4 Å². The van der Waals surface area contributed by atoms with Crippen molar-refractivity contribution in [3.05, 3.63) is 41.5 Å². The van der Waals surface area contributed by atoms with Crippen molar-refractivity contribution in [2.24, 2.45) is 5.73 Å². The molecule has 0 aromatic heterocycles. The molecule has 0 saturated carbocycles. The van der Waals surface area contributed by atoms with E-state index in [0.29, 0.717) is 11.1 Å². The second-order valence-corrected chi connectivity index (χ2v) is 6.05. The highest BCUT2D eigenvalue weighted by molar-refractivity contribution is 6.06. The van der Waals surface area contributed by atoms with Crippen molar-refractivity contribution >= 4 is 22.6 Å². The number of primary amides is 1. The number of esters is 1. The van der Waals surface area contributed by atoms with Gasteiger partial charge in [-0.15, -0.1) is 0 Å². The van der Waals surface area contributed by atoms with Gasteiger partial charge in [0.2, 0.25) is 6.10 Å². The van der Waals surface area contributed by atoms with Crippen LogP contribution < -0.4 is 10.5 Å². The van der Waals surface area contributed by atoms with E-state index in [1.54, 1.807) is 18.2 Å². The van der Waals surface area contributed by atoms with Crippen molar-refractivity contribution in [3.8, 4) is 5.75 Å². The van der Waals surface area contributed by atoms with Gasteiger partial charge in [0.15, 0.2) is 0 Å². The number of aryl methyl sites for hydroxylation is 1. The largest absolute Gasteiger partial charge is 0.497 e. The first-order valence-corrected chi connectivity index (χ1v) is 7.62. The number of ether oxygens (including phenoxy) is 2. The van der Waals surface area contributed by atoms with Gasteiger partial charge in [-0.2, -0.15) is 0 Å². The Morgan fingerprint density at radius 1 is 1.28 bits per heavy atom. The Balaban J connectivity index is 2.52. The number of methoxy groups -OCH3 is 1. The maximum absolute atomic E-state index is 12.6. The molecule has 4 N–H and O–H groups in total. The second-order valence-electron chi connectivity index (χ2n) is 6.05. The Morgan fingerprint density at radius 3 is 2.52 bits per heavy atom. The summed E-state index contributed by atoms with van der Waals surface area (Å²) in [6.07, 6.45) is -1.70. The normalized spacial score (nSPS) is 14.6. The summed E-state index contributed by atoms with van der Waals surface area (Å²) in [5.41, 5.74) is 4.31. The molecule has 0 fully saturated rings. The topological polar surface area (TPSA) is 119 Å². The summed E-state index contributed by atoms with van der Waals surface area (Å²) in [5.74, 6) is -1.47. The maximum Gasteiger partial charge on any atom is 0.339 e. The minimum Gasteiger partial charge on any atom is -0.497 e. The standard InChI is InChI=1S/C18H21NO6/c1-10-5-4-6-12-13(10)7-11(24-3)8-14(12)17(22)25-15(16(19)21)18(2,23)9-20/h4-8,15,20,23H,9H2,1-3H3,(H2,19,21)/t15-,18-/m1/s1. The SMILES string of the molecule is COc1cc(C(=O)O[C@H](C(N)=O)[C@](C)(O)CO)c2cccc(C)c2c1. The lowest BCUT2D eigenvalue weighted by atomic mass is 9.98. The molecule has 7 nitrogen and oxygen atoms in total. The van der Waals surface area contributed by atoms with E-state index in [-0.39, 0.29) is 5.56 Å². The number of carbonyl (C=O) groups excluding carboxylic acids is 2. The predicted octanol–water partition coefficient (Wildman–Crippen LogP) is 0.911. The number of aliphatic hydroxyl groups is 2. The first kappa shape index (κ1) is 18.7. The van der Waals surface area contributed by atoms with E-state index in [4.69, 9.17) is 15.2 Å². The lowest BCUT2D eigenvalue weighted by Gasteiger charge is -2.28. The molecule has 2 rings (SSSR count). The third-order valence-electron chi connectivity index (χ3n) is 4.01. The predicted molar refractivity (Wildman–Crippen MR) is 91.3 cm³/mol. The molecule has 25 heavy (non-hydrogen) atoms. The van der Waals surface area contributed by atoms with Gasteiger partial charge in [0.05, 0.1) is 19.3 Å². The van der Waals surface area contributed by atoms with Crippen molar-refractivity contribution in [1.82, 2.24) is 0 Å². The van der Waals surface area contributed by atoms with Gasteiger partial charge in [-0.25, -0.2) is 4.79 Å². The summed E-state index contributed by atoms with van der Waals surface area (Å²) in [7, 11) is 1.47. The van der Waals surface area contributed by atoms with E-state index in [0.717, 1.165) is 17.9 Å². The summed E-state index contributed by atoms with van der Waals surface area (Å²) in [6.45, 7) is 2.25. The van der Waals surface area contributed by atoms with Crippen LogP contribution in [0, 0.1) is 6.92 Å². The zero-order valence-corrected chi connectivity index (χ0v) is 14.3. The zero-order valence-electron chi connectivity index (χ0n) is 14.3. The van der Waals surface area contributed by atoms with Gasteiger partial charge in [-0.1, -0.05) is 18.2 Å². The van der Waals surface area contributed by atoms with Crippen molar-refractivity contribution in [2.45, 2.75) is 25.6 Å². The molecular formula is C18H21NO6. The summed E-state index contributed by atoms with van der Waals surface area (Å²) < 4.78 is 10.3. The van der Waals surface area contributed by atoms with Crippen molar-refractivity contribution in [2.75, 3.05) is 13.7 Å². The fourth-order valence-electron chi connectivity index (χ4n) is 2.54. The third kappa shape index (κ3) is 3.72. The van der Waals surface area contributed by atoms with Gasteiger partial charge in [-0.3, -0.25) is 4.79 Å². The van der Waals surface area contributed by atoms with Gasteiger partial charge in [-0.05, 0) is 42.3 Å². The highest BCUT2D eigenvalue weighted by Crippen LogP contribution is 2.29. The second kappa shape index (κ2) is 7.08. The molecule has 0 radical (unpaired) electrons. The smallest absolute Gasteiger partial charge is 0.339 e.